The van der Waals surface area contributed by atoms with Crippen molar-refractivity contribution in [3.05, 3.63) is 54.6 Å². The molecule has 2 aromatic rings. The summed E-state index contributed by atoms with van der Waals surface area (Å²) in [4.78, 5) is 0. The predicted octanol–water partition coefficient (Wildman–Crippen LogP) is 1.98. The first-order valence-corrected chi connectivity index (χ1v) is 3.93. The maximum absolute atomic E-state index is 4.08. The van der Waals surface area contributed by atoms with E-state index in [1.807, 2.05) is 54.6 Å². The summed E-state index contributed by atoms with van der Waals surface area (Å²) in [7, 11) is 0. The molecule has 0 aromatic heterocycles. The van der Waals surface area contributed by atoms with Crippen molar-refractivity contribution < 1.29 is 32.8 Å². The molecule has 2 aromatic carbocycles. The summed E-state index contributed by atoms with van der Waals surface area (Å²) in [5.41, 5.74) is 0. The van der Waals surface area contributed by atoms with Crippen LogP contribution >= 0.6 is 0 Å². The molecule has 0 heterocycles. The van der Waals surface area contributed by atoms with Gasteiger partial charge in [-0.3, -0.25) is 0 Å². The quantitative estimate of drug-likeness (QED) is 0.491. The number of hydrogen-bond acceptors (Lipinski definition) is 0. The minimum Gasteiger partial charge on any atom is -0.214 e. The Morgan fingerprint density at radius 2 is 1.42 bits per heavy atom. The molecule has 2 rings (SSSR count). The molecule has 0 bridgehead atoms. The van der Waals surface area contributed by atoms with E-state index in [0.29, 0.717) is 0 Å². The van der Waals surface area contributed by atoms with Crippen LogP contribution in [0.1, 0.15) is 0 Å². The molecule has 0 nitrogen and oxygen atoms in total. The molecule has 0 aliphatic carbocycles. The van der Waals surface area contributed by atoms with Gasteiger partial charge in [0.15, 0.2) is 0 Å². The smallest absolute Gasteiger partial charge is 0.214 e. The largest absolute Gasteiger partial charge is 2.00 e. The van der Waals surface area contributed by atoms with Gasteiger partial charge in [-0.25, -0.2) is 12.1 Å². The van der Waals surface area contributed by atoms with Crippen LogP contribution in [0.4, 0.5) is 0 Å². The third-order valence-electron chi connectivity index (χ3n) is 1.16. The number of rotatable bonds is 0. The fourth-order valence-electron chi connectivity index (χ4n) is 0.663. The Morgan fingerprint density at radius 3 is 1.58 bits per heavy atom. The summed E-state index contributed by atoms with van der Waals surface area (Å²) >= 11 is 4.08. The number of hydrogen-bond donors (Lipinski definition) is 0. The van der Waals surface area contributed by atoms with E-state index >= 15 is 0 Å². The fourth-order valence-corrected chi connectivity index (χ4v) is 0.863. The Hall–Kier alpha value is -0.274. The first-order chi connectivity index (χ1) is 5.39. The van der Waals surface area contributed by atoms with E-state index in [9.17, 15) is 0 Å². The summed E-state index contributed by atoms with van der Waals surface area (Å²) in [5.74, 6) is 0. The molecule has 0 spiro atoms. The van der Waals surface area contributed by atoms with Gasteiger partial charge >= 0.3 is 61.6 Å². The van der Waals surface area contributed by atoms with Gasteiger partial charge in [-0.1, -0.05) is 0 Å². The van der Waals surface area contributed by atoms with E-state index in [4.69, 9.17) is 0 Å². The monoisotopic (exact) mass is 244 g/mol. The van der Waals surface area contributed by atoms with E-state index in [0.717, 1.165) is 4.50 Å². The Morgan fingerprint density at radius 1 is 0.917 bits per heavy atom. The Labute approximate surface area is 91.8 Å². The Kier molecular flexibility index (Phi) is 7.21. The molecule has 0 atom stereocenters. The van der Waals surface area contributed by atoms with Crippen molar-refractivity contribution in [2.45, 2.75) is 0 Å². The fraction of sp³-hybridized carbons (Fsp3) is 0. The molecule has 0 amide bonds. The predicted molar refractivity (Wildman–Crippen MR) is 43.7 cm³/mol. The van der Waals surface area contributed by atoms with Crippen LogP contribution in [0.15, 0.2) is 54.6 Å². The minimum atomic E-state index is 0. The van der Waals surface area contributed by atoms with Gasteiger partial charge in [0.25, 0.3) is 0 Å². The Bertz CT molecular complexity index is 228. The third-order valence-corrected chi connectivity index (χ3v) is 1.51. The van der Waals surface area contributed by atoms with Gasteiger partial charge in [-0.15, -0.1) is 0 Å². The molecule has 0 N–H and O–H groups in total. The second kappa shape index (κ2) is 7.38. The molecule has 66 valence electrons. The van der Waals surface area contributed by atoms with Gasteiger partial charge in [0.2, 0.25) is 0 Å². The second-order valence-electron chi connectivity index (χ2n) is 2.04. The van der Waals surface area contributed by atoms with Crippen LogP contribution in [-0.2, 0) is 32.8 Å². The maximum Gasteiger partial charge on any atom is 2.00 e. The zero-order valence-corrected chi connectivity index (χ0v) is 8.53. The summed E-state index contributed by atoms with van der Waals surface area (Å²) in [6, 6.07) is 17.8. The van der Waals surface area contributed by atoms with Gasteiger partial charge in [0.05, 0.1) is 0 Å². The average molecular weight is 244 g/mol. The van der Waals surface area contributed by atoms with Crippen molar-refractivity contribution in [1.29, 1.82) is 0 Å². The van der Waals surface area contributed by atoms with Crippen molar-refractivity contribution in [3.63, 3.8) is 0 Å². The van der Waals surface area contributed by atoms with Gasteiger partial charge < -0.3 is 0 Å². The van der Waals surface area contributed by atoms with E-state index in [1.54, 1.807) is 0 Å². The van der Waals surface area contributed by atoms with Crippen molar-refractivity contribution in [2.24, 2.45) is 0 Å². The summed E-state index contributed by atoms with van der Waals surface area (Å²) in [6.07, 6.45) is 0. The maximum atomic E-state index is 4.08. The second-order valence-corrected chi connectivity index (χ2v) is 2.64. The molecule has 0 aliphatic rings. The van der Waals surface area contributed by atoms with Gasteiger partial charge in [0.1, 0.15) is 0 Å². The molecule has 2 heteroatoms. The standard InChI is InChI=1S/C5H5.C5H4.Co.Fe/c2*1-2-4-5-3-1;;/h1-5H;1-4H;;/q2*-1;;+2. The average Bonchev–Trinajstić information content (AvgIpc) is 2.57. The molecule has 0 saturated carbocycles. The molecule has 0 saturated heterocycles. The van der Waals surface area contributed by atoms with Crippen molar-refractivity contribution >= 4 is 4.50 Å². The third kappa shape index (κ3) is 5.39. The summed E-state index contributed by atoms with van der Waals surface area (Å²) in [5, 5.41) is 0. The molecule has 0 radical (unpaired) electrons. The van der Waals surface area contributed by atoms with Crippen LogP contribution in [0.2, 0.25) is 0 Å². The molecule has 0 unspecified atom stereocenters. The van der Waals surface area contributed by atoms with Gasteiger partial charge in [-0.05, 0) is 0 Å². The zero-order valence-electron chi connectivity index (χ0n) is 6.38. The van der Waals surface area contributed by atoms with Gasteiger partial charge in [0, 0.05) is 0 Å². The SMILES string of the molecule is [Co][c-]1cccc1.[Fe+2].c1cc[cH-]c1. The van der Waals surface area contributed by atoms with Crippen molar-refractivity contribution in [1.82, 2.24) is 0 Å². The molecule has 0 aliphatic heterocycles. The Balaban J connectivity index is 0.000000189. The van der Waals surface area contributed by atoms with E-state index in [2.05, 4.69) is 15.7 Å². The molecular weight excluding hydrogens is 235 g/mol. The normalized spacial score (nSPS) is 7.83. The van der Waals surface area contributed by atoms with Crippen molar-refractivity contribution in [2.75, 3.05) is 0 Å². The molecule has 12 heavy (non-hydrogen) atoms. The van der Waals surface area contributed by atoms with Crippen LogP contribution in [0.3, 0.4) is 0 Å². The minimum absolute atomic E-state index is 0. The molecular formula is C10H9CoFe. The van der Waals surface area contributed by atoms with Crippen LogP contribution in [0.25, 0.3) is 0 Å². The topological polar surface area (TPSA) is 0 Å². The van der Waals surface area contributed by atoms with Crippen molar-refractivity contribution in [3.8, 4) is 0 Å². The van der Waals surface area contributed by atoms with E-state index < -0.39 is 0 Å². The van der Waals surface area contributed by atoms with Crippen LogP contribution in [0, 0.1) is 0 Å². The van der Waals surface area contributed by atoms with Crippen LogP contribution in [-0.4, -0.2) is 0 Å². The zero-order chi connectivity index (χ0) is 7.94. The van der Waals surface area contributed by atoms with E-state index in [-0.39, 0.29) is 17.1 Å². The first kappa shape index (κ1) is 11.7. The van der Waals surface area contributed by atoms with Crippen LogP contribution in [0.5, 0.6) is 0 Å². The van der Waals surface area contributed by atoms with Gasteiger partial charge in [-0.2, -0.15) is 18.2 Å². The summed E-state index contributed by atoms with van der Waals surface area (Å²) < 4.78 is 1.03. The van der Waals surface area contributed by atoms with E-state index in [1.165, 1.54) is 0 Å². The summed E-state index contributed by atoms with van der Waals surface area (Å²) in [6.45, 7) is 0. The first-order valence-electron chi connectivity index (χ1n) is 3.41. The molecule has 0 fully saturated rings. The van der Waals surface area contributed by atoms with Crippen LogP contribution < -0.4 is 4.50 Å².